The number of aromatic amines is 1. The molecule has 7 nitrogen and oxygen atoms in total. The van der Waals surface area contributed by atoms with Crippen LogP contribution in [0.15, 0.2) is 24.5 Å². The number of carbonyl (C=O) groups is 2. The predicted octanol–water partition coefficient (Wildman–Crippen LogP) is 3.08. The minimum Gasteiger partial charge on any atom is -0.314 e. The molecular weight excluding hydrogens is 318 g/mol. The zero-order valence-corrected chi connectivity index (χ0v) is 14.0. The highest BCUT2D eigenvalue weighted by Crippen LogP contribution is 2.30. The van der Waals surface area contributed by atoms with Gasteiger partial charge in [0.05, 0.1) is 6.04 Å². The van der Waals surface area contributed by atoms with Crippen LogP contribution in [0.25, 0.3) is 0 Å². The second-order valence-electron chi connectivity index (χ2n) is 6.65. The van der Waals surface area contributed by atoms with Gasteiger partial charge in [-0.2, -0.15) is 5.10 Å². The van der Waals surface area contributed by atoms with Crippen molar-refractivity contribution in [1.82, 2.24) is 20.1 Å². The van der Waals surface area contributed by atoms with Gasteiger partial charge in [-0.15, -0.1) is 0 Å². The third-order valence-corrected chi connectivity index (χ3v) is 5.02. The van der Waals surface area contributed by atoms with E-state index in [1.165, 1.54) is 6.33 Å². The lowest BCUT2D eigenvalue weighted by Crippen LogP contribution is -2.41. The van der Waals surface area contributed by atoms with Gasteiger partial charge < -0.3 is 10.2 Å². The van der Waals surface area contributed by atoms with Gasteiger partial charge in [-0.3, -0.25) is 9.89 Å². The number of nitrogens with zero attached hydrogens (tertiary/aromatic N) is 3. The molecule has 0 bridgehead atoms. The number of rotatable bonds is 2. The lowest BCUT2D eigenvalue weighted by atomic mass is 9.90. The van der Waals surface area contributed by atoms with Crippen LogP contribution in [0.3, 0.4) is 0 Å². The van der Waals surface area contributed by atoms with Crippen molar-refractivity contribution in [2.24, 2.45) is 0 Å². The van der Waals surface area contributed by atoms with E-state index >= 15 is 0 Å². The first-order valence-electron chi connectivity index (χ1n) is 8.81. The largest absolute Gasteiger partial charge is 0.322 e. The number of aromatic nitrogens is 3. The number of amides is 2. The van der Waals surface area contributed by atoms with E-state index in [9.17, 15) is 9.59 Å². The van der Waals surface area contributed by atoms with Crippen LogP contribution in [0.1, 0.15) is 59.9 Å². The lowest BCUT2D eigenvalue weighted by molar-refractivity contribution is 0.0972. The molecule has 25 heavy (non-hydrogen) atoms. The normalized spacial score (nSPS) is 20.2. The van der Waals surface area contributed by atoms with Crippen LogP contribution < -0.4 is 5.32 Å². The molecule has 0 radical (unpaired) electrons. The van der Waals surface area contributed by atoms with Crippen LogP contribution in [0, 0.1) is 0 Å². The van der Waals surface area contributed by atoms with E-state index in [1.54, 1.807) is 4.90 Å². The average Bonchev–Trinajstić information content (AvgIpc) is 3.17. The molecule has 0 spiro atoms. The van der Waals surface area contributed by atoms with E-state index in [-0.39, 0.29) is 17.9 Å². The summed E-state index contributed by atoms with van der Waals surface area (Å²) in [5, 5.41) is 9.72. The first-order chi connectivity index (χ1) is 12.2. The minimum atomic E-state index is -0.163. The molecule has 2 N–H and O–H groups in total. The number of anilines is 1. The number of fused-ring (bicyclic) bond motifs is 1. The number of H-pyrrole nitrogens is 1. The number of piperidine rings is 1. The molecular formula is C18H21N5O2. The summed E-state index contributed by atoms with van der Waals surface area (Å²) in [4.78, 5) is 30.9. The van der Waals surface area contributed by atoms with Gasteiger partial charge in [0.1, 0.15) is 12.2 Å². The number of likely N-dealkylation sites (tertiary alicyclic amines) is 1. The van der Waals surface area contributed by atoms with Crippen molar-refractivity contribution in [2.75, 3.05) is 11.9 Å². The molecule has 1 saturated heterocycles. The summed E-state index contributed by atoms with van der Waals surface area (Å²) in [6.45, 7) is 0.682. The molecule has 1 aromatic heterocycles. The standard InChI is InChI=1S/C18H21N5O2/c24-16-6-3-4-12-7-8-13(10-14(12)16)21-18(25)23-9-2-1-5-15(23)17-19-11-20-22-17/h7-8,10-11,15H,1-6,9H2,(H,21,25)(H,19,20,22). The van der Waals surface area contributed by atoms with Crippen molar-refractivity contribution < 1.29 is 9.59 Å². The monoisotopic (exact) mass is 339 g/mol. The minimum absolute atomic E-state index is 0.0875. The highest BCUT2D eigenvalue weighted by Gasteiger charge is 2.30. The summed E-state index contributed by atoms with van der Waals surface area (Å²) in [6, 6.07) is 5.39. The third kappa shape index (κ3) is 3.14. The Bertz CT molecular complexity index is 787. The van der Waals surface area contributed by atoms with Gasteiger partial charge in [0.2, 0.25) is 0 Å². The van der Waals surface area contributed by atoms with Crippen molar-refractivity contribution in [3.8, 4) is 0 Å². The van der Waals surface area contributed by atoms with Crippen LogP contribution >= 0.6 is 0 Å². The highest BCUT2D eigenvalue weighted by molar-refractivity contribution is 6.00. The summed E-state index contributed by atoms with van der Waals surface area (Å²) in [5.41, 5.74) is 2.49. The molecule has 4 rings (SSSR count). The van der Waals surface area contributed by atoms with E-state index in [1.807, 2.05) is 18.2 Å². The van der Waals surface area contributed by atoms with Gasteiger partial charge >= 0.3 is 6.03 Å². The van der Waals surface area contributed by atoms with Crippen LogP contribution in [-0.4, -0.2) is 38.4 Å². The summed E-state index contributed by atoms with van der Waals surface area (Å²) in [5.74, 6) is 0.880. The smallest absolute Gasteiger partial charge is 0.314 e. The zero-order valence-electron chi connectivity index (χ0n) is 14.0. The molecule has 1 fully saturated rings. The van der Waals surface area contributed by atoms with E-state index < -0.39 is 0 Å². The van der Waals surface area contributed by atoms with Gasteiger partial charge in [-0.05, 0) is 49.8 Å². The van der Waals surface area contributed by atoms with Gasteiger partial charge in [-0.1, -0.05) is 6.07 Å². The van der Waals surface area contributed by atoms with E-state index in [4.69, 9.17) is 0 Å². The predicted molar refractivity (Wildman–Crippen MR) is 92.4 cm³/mol. The van der Waals surface area contributed by atoms with Crippen molar-refractivity contribution >= 4 is 17.5 Å². The molecule has 2 aromatic rings. The summed E-state index contributed by atoms with van der Waals surface area (Å²) in [7, 11) is 0. The Hall–Kier alpha value is -2.70. The Labute approximate surface area is 145 Å². The van der Waals surface area contributed by atoms with E-state index in [0.717, 1.165) is 49.1 Å². The fourth-order valence-corrected chi connectivity index (χ4v) is 3.74. The van der Waals surface area contributed by atoms with Crippen LogP contribution in [0.4, 0.5) is 10.5 Å². The van der Waals surface area contributed by atoms with Crippen molar-refractivity contribution in [3.05, 3.63) is 41.5 Å². The molecule has 2 heterocycles. The van der Waals surface area contributed by atoms with Gasteiger partial charge in [0, 0.05) is 24.2 Å². The Morgan fingerprint density at radius 3 is 3.00 bits per heavy atom. The average molecular weight is 339 g/mol. The molecule has 1 aromatic carbocycles. The molecule has 0 saturated carbocycles. The van der Waals surface area contributed by atoms with Crippen molar-refractivity contribution in [2.45, 2.75) is 44.6 Å². The number of urea groups is 1. The van der Waals surface area contributed by atoms with Crippen molar-refractivity contribution in [1.29, 1.82) is 0 Å². The second kappa shape index (κ2) is 6.66. The van der Waals surface area contributed by atoms with E-state index in [0.29, 0.717) is 18.7 Å². The maximum absolute atomic E-state index is 12.8. The molecule has 2 amide bonds. The fourth-order valence-electron chi connectivity index (χ4n) is 3.74. The third-order valence-electron chi connectivity index (χ3n) is 5.02. The van der Waals surface area contributed by atoms with Gasteiger partial charge in [0.15, 0.2) is 5.78 Å². The lowest BCUT2D eigenvalue weighted by Gasteiger charge is -2.34. The second-order valence-corrected chi connectivity index (χ2v) is 6.65. The van der Waals surface area contributed by atoms with Gasteiger partial charge in [0.25, 0.3) is 0 Å². The quantitative estimate of drug-likeness (QED) is 0.879. The van der Waals surface area contributed by atoms with Crippen LogP contribution in [-0.2, 0) is 6.42 Å². The number of ketones is 1. The number of aryl methyl sites for hydroxylation is 1. The molecule has 1 atom stereocenters. The SMILES string of the molecule is O=C1CCCc2ccc(NC(=O)N3CCCCC3c3ncn[nH]3)cc21. The maximum atomic E-state index is 12.8. The summed E-state index contributed by atoms with van der Waals surface area (Å²) < 4.78 is 0. The first-order valence-corrected chi connectivity index (χ1v) is 8.81. The number of benzene rings is 1. The zero-order chi connectivity index (χ0) is 17.2. The molecule has 2 aliphatic rings. The Morgan fingerprint density at radius 1 is 1.24 bits per heavy atom. The highest BCUT2D eigenvalue weighted by atomic mass is 16.2. The molecule has 1 unspecified atom stereocenters. The summed E-state index contributed by atoms with van der Waals surface area (Å²) >= 11 is 0. The molecule has 130 valence electrons. The summed E-state index contributed by atoms with van der Waals surface area (Å²) in [6.07, 6.45) is 6.78. The maximum Gasteiger partial charge on any atom is 0.322 e. The fraction of sp³-hybridized carbons (Fsp3) is 0.444. The topological polar surface area (TPSA) is 91.0 Å². The first kappa shape index (κ1) is 15.8. The number of nitrogens with one attached hydrogen (secondary N) is 2. The Morgan fingerprint density at radius 2 is 2.16 bits per heavy atom. The number of hydrogen-bond acceptors (Lipinski definition) is 4. The van der Waals surface area contributed by atoms with E-state index in [2.05, 4.69) is 20.5 Å². The van der Waals surface area contributed by atoms with Gasteiger partial charge in [-0.25, -0.2) is 9.78 Å². The Kier molecular flexibility index (Phi) is 4.21. The molecule has 7 heteroatoms. The van der Waals surface area contributed by atoms with Crippen LogP contribution in [0.5, 0.6) is 0 Å². The number of carbonyl (C=O) groups excluding carboxylic acids is 2. The molecule has 1 aliphatic carbocycles. The molecule has 1 aliphatic heterocycles. The Balaban J connectivity index is 1.53. The number of Topliss-reactive ketones (excluding diaryl/α,β-unsaturated/α-hetero) is 1. The number of hydrogen-bond donors (Lipinski definition) is 2. The van der Waals surface area contributed by atoms with Crippen LogP contribution in [0.2, 0.25) is 0 Å². The van der Waals surface area contributed by atoms with Crippen molar-refractivity contribution in [3.63, 3.8) is 0 Å².